The van der Waals surface area contributed by atoms with Gasteiger partial charge in [-0.15, -0.1) is 0 Å². The number of para-hydroxylation sites is 1. The summed E-state index contributed by atoms with van der Waals surface area (Å²) in [6.07, 6.45) is -4.91. The van der Waals surface area contributed by atoms with Crippen LogP contribution in [0.25, 0.3) is 0 Å². The van der Waals surface area contributed by atoms with Gasteiger partial charge in [0.15, 0.2) is 0 Å². The summed E-state index contributed by atoms with van der Waals surface area (Å²) in [5.41, 5.74) is -1.02. The number of benzene rings is 2. The van der Waals surface area contributed by atoms with Crippen LogP contribution in [0.3, 0.4) is 0 Å². The summed E-state index contributed by atoms with van der Waals surface area (Å²) in [6.45, 7) is 0.492. The molecule has 1 aliphatic heterocycles. The average Bonchev–Trinajstić information content (AvgIpc) is 3.42. The molecule has 132 valence electrons. The molecule has 0 aliphatic carbocycles. The summed E-state index contributed by atoms with van der Waals surface area (Å²) in [4.78, 5) is 13.8. The van der Waals surface area contributed by atoms with Gasteiger partial charge in [0, 0.05) is 12.7 Å². The van der Waals surface area contributed by atoms with Crippen LogP contribution in [0.2, 0.25) is 0 Å². The van der Waals surface area contributed by atoms with Gasteiger partial charge in [0.2, 0.25) is 0 Å². The number of amides is 1. The number of hydrogen-bond donors (Lipinski definition) is 0. The van der Waals surface area contributed by atoms with E-state index in [9.17, 15) is 18.0 Å². The fourth-order valence-corrected chi connectivity index (χ4v) is 2.42. The smallest absolute Gasteiger partial charge is 0.420 e. The number of carbonyl (C=O) groups is 1. The molecule has 1 unspecified atom stereocenters. The van der Waals surface area contributed by atoms with E-state index in [-0.39, 0.29) is 18.5 Å². The number of halogens is 3. The molecule has 0 radical (unpaired) electrons. The number of anilines is 1. The highest BCUT2D eigenvalue weighted by Gasteiger charge is 2.40. The highest BCUT2D eigenvalue weighted by Crippen LogP contribution is 2.39. The summed E-state index contributed by atoms with van der Waals surface area (Å²) in [5.74, 6) is -1.12. The van der Waals surface area contributed by atoms with E-state index in [1.165, 1.54) is 24.1 Å². The molecule has 1 aliphatic rings. The molecular formula is C18H16F3NO3. The maximum atomic E-state index is 13.6. The number of hydrogen-bond acceptors (Lipinski definition) is 3. The van der Waals surface area contributed by atoms with Crippen LogP contribution < -0.4 is 9.64 Å². The topological polar surface area (TPSA) is 42.1 Å². The van der Waals surface area contributed by atoms with E-state index in [1.807, 2.05) is 0 Å². The first-order valence-electron chi connectivity index (χ1n) is 7.65. The summed E-state index contributed by atoms with van der Waals surface area (Å²) in [5, 5.41) is 0. The van der Waals surface area contributed by atoms with Crippen molar-refractivity contribution in [3.05, 3.63) is 59.7 Å². The monoisotopic (exact) mass is 351 g/mol. The zero-order chi connectivity index (χ0) is 18.0. The predicted molar refractivity (Wildman–Crippen MR) is 85.9 cm³/mol. The molecule has 0 N–H and O–H groups in total. The number of ether oxygens (including phenoxy) is 2. The Bertz CT molecular complexity index is 758. The molecule has 25 heavy (non-hydrogen) atoms. The lowest BCUT2D eigenvalue weighted by molar-refractivity contribution is -0.139. The van der Waals surface area contributed by atoms with Gasteiger partial charge >= 0.3 is 6.18 Å². The van der Waals surface area contributed by atoms with E-state index in [0.29, 0.717) is 12.3 Å². The van der Waals surface area contributed by atoms with Crippen molar-refractivity contribution in [2.45, 2.75) is 12.3 Å². The minimum Gasteiger partial charge on any atom is -0.490 e. The molecule has 1 heterocycles. The van der Waals surface area contributed by atoms with Crippen LogP contribution in [0.1, 0.15) is 15.9 Å². The Morgan fingerprint density at radius 3 is 2.48 bits per heavy atom. The average molecular weight is 351 g/mol. The highest BCUT2D eigenvalue weighted by molar-refractivity contribution is 6.07. The first kappa shape index (κ1) is 17.3. The van der Waals surface area contributed by atoms with E-state index in [0.717, 1.165) is 6.07 Å². The maximum absolute atomic E-state index is 13.6. The first-order valence-corrected chi connectivity index (χ1v) is 7.65. The number of nitrogens with zero attached hydrogens (tertiary/aromatic N) is 1. The minimum absolute atomic E-state index is 0.0231. The molecule has 4 nitrogen and oxygen atoms in total. The van der Waals surface area contributed by atoms with Gasteiger partial charge in [-0.05, 0) is 24.3 Å². The molecule has 0 aromatic heterocycles. The summed E-state index contributed by atoms with van der Waals surface area (Å²) in [6, 6.07) is 12.2. The maximum Gasteiger partial charge on any atom is 0.420 e. The third-order valence-corrected chi connectivity index (χ3v) is 3.82. The van der Waals surface area contributed by atoms with E-state index >= 15 is 0 Å². The molecule has 1 fully saturated rings. The van der Waals surface area contributed by atoms with Crippen molar-refractivity contribution in [2.75, 3.05) is 25.2 Å². The van der Waals surface area contributed by atoms with Crippen LogP contribution in [-0.4, -0.2) is 32.3 Å². The van der Waals surface area contributed by atoms with Gasteiger partial charge in [-0.1, -0.05) is 24.3 Å². The van der Waals surface area contributed by atoms with Gasteiger partial charge < -0.3 is 14.4 Å². The van der Waals surface area contributed by atoms with Crippen molar-refractivity contribution in [2.24, 2.45) is 0 Å². The third-order valence-electron chi connectivity index (χ3n) is 3.82. The van der Waals surface area contributed by atoms with Crippen LogP contribution in [0, 0.1) is 0 Å². The Morgan fingerprint density at radius 2 is 1.88 bits per heavy atom. The van der Waals surface area contributed by atoms with Gasteiger partial charge in [-0.2, -0.15) is 13.2 Å². The summed E-state index contributed by atoms with van der Waals surface area (Å²) < 4.78 is 51.0. The van der Waals surface area contributed by atoms with Crippen molar-refractivity contribution in [1.82, 2.24) is 0 Å². The third kappa shape index (κ3) is 3.93. The molecule has 3 rings (SSSR count). The molecule has 2 aromatic rings. The van der Waals surface area contributed by atoms with E-state index in [2.05, 4.69) is 0 Å². The van der Waals surface area contributed by atoms with E-state index in [4.69, 9.17) is 9.47 Å². The van der Waals surface area contributed by atoms with Crippen LogP contribution in [-0.2, 0) is 10.9 Å². The van der Waals surface area contributed by atoms with Crippen LogP contribution in [0.15, 0.2) is 48.5 Å². The number of rotatable bonds is 5. The number of epoxide rings is 1. The zero-order valence-corrected chi connectivity index (χ0v) is 13.4. The molecule has 0 saturated carbocycles. The van der Waals surface area contributed by atoms with Crippen molar-refractivity contribution in [3.63, 3.8) is 0 Å². The number of carbonyl (C=O) groups excluding carboxylic acids is 1. The SMILES string of the molecule is CN(C(=O)c1cccc(OCC2CO2)c1C(F)(F)F)c1ccccc1. The van der Waals surface area contributed by atoms with E-state index in [1.54, 1.807) is 30.3 Å². The second-order valence-electron chi connectivity index (χ2n) is 5.64. The minimum atomic E-state index is -4.72. The van der Waals surface area contributed by atoms with Crippen molar-refractivity contribution in [1.29, 1.82) is 0 Å². The van der Waals surface area contributed by atoms with Crippen LogP contribution >= 0.6 is 0 Å². The highest BCUT2D eigenvalue weighted by atomic mass is 19.4. The van der Waals surface area contributed by atoms with Gasteiger partial charge in [-0.3, -0.25) is 4.79 Å². The van der Waals surface area contributed by atoms with Crippen molar-refractivity contribution < 1.29 is 27.4 Å². The van der Waals surface area contributed by atoms with Gasteiger partial charge in [0.1, 0.15) is 24.0 Å². The number of alkyl halides is 3. The molecule has 1 amide bonds. The summed E-state index contributed by atoms with van der Waals surface area (Å²) >= 11 is 0. The zero-order valence-electron chi connectivity index (χ0n) is 13.4. The lowest BCUT2D eigenvalue weighted by Crippen LogP contribution is -2.29. The molecular weight excluding hydrogens is 335 g/mol. The van der Waals surface area contributed by atoms with Gasteiger partial charge in [0.05, 0.1) is 12.2 Å². The molecule has 7 heteroatoms. The van der Waals surface area contributed by atoms with E-state index < -0.39 is 23.2 Å². The van der Waals surface area contributed by atoms with Crippen LogP contribution in [0.5, 0.6) is 5.75 Å². The Balaban J connectivity index is 1.96. The largest absolute Gasteiger partial charge is 0.490 e. The fraction of sp³-hybridized carbons (Fsp3) is 0.278. The van der Waals surface area contributed by atoms with Crippen molar-refractivity contribution >= 4 is 11.6 Å². The fourth-order valence-electron chi connectivity index (χ4n) is 2.42. The quantitative estimate of drug-likeness (QED) is 0.771. The van der Waals surface area contributed by atoms with Gasteiger partial charge in [-0.25, -0.2) is 0 Å². The molecule has 0 bridgehead atoms. The molecule has 0 spiro atoms. The van der Waals surface area contributed by atoms with Crippen molar-refractivity contribution in [3.8, 4) is 5.75 Å². The predicted octanol–water partition coefficient (Wildman–Crippen LogP) is 3.76. The standard InChI is InChI=1S/C18H16F3NO3/c1-22(12-6-3-2-4-7-12)17(23)14-8-5-9-15(16(14)18(19,20)21)25-11-13-10-24-13/h2-9,13H,10-11H2,1H3. The normalized spacial score (nSPS) is 16.4. The Labute approximate surface area is 142 Å². The molecule has 1 saturated heterocycles. The lowest BCUT2D eigenvalue weighted by atomic mass is 10.0. The second kappa shape index (κ2) is 6.76. The Hall–Kier alpha value is -2.54. The first-order chi connectivity index (χ1) is 11.9. The molecule has 1 atom stereocenters. The van der Waals surface area contributed by atoms with Gasteiger partial charge in [0.25, 0.3) is 5.91 Å². The molecule has 2 aromatic carbocycles. The second-order valence-corrected chi connectivity index (χ2v) is 5.64. The van der Waals surface area contributed by atoms with Crippen LogP contribution in [0.4, 0.5) is 18.9 Å². The Kier molecular flexibility index (Phi) is 4.67. The lowest BCUT2D eigenvalue weighted by Gasteiger charge is -2.21. The summed E-state index contributed by atoms with van der Waals surface area (Å²) in [7, 11) is 1.43. The Morgan fingerprint density at radius 1 is 1.20 bits per heavy atom.